The van der Waals surface area contributed by atoms with Gasteiger partial charge in [-0.25, -0.2) is 0 Å². The van der Waals surface area contributed by atoms with E-state index in [4.69, 9.17) is 0 Å². The number of nitrogens with zero attached hydrogens (tertiary/aromatic N) is 7. The molecule has 0 amide bonds. The van der Waals surface area contributed by atoms with Crippen molar-refractivity contribution >= 4 is 0 Å². The summed E-state index contributed by atoms with van der Waals surface area (Å²) in [5.74, 6) is 0.691. The third-order valence-corrected chi connectivity index (χ3v) is 1.82. The number of rotatable bonds is 5. The Kier molecular flexibility index (Phi) is 2.98. The lowest BCUT2D eigenvalue weighted by Gasteiger charge is -2.00. The second-order valence-electron chi connectivity index (χ2n) is 3.04. The molecule has 0 aromatic carbocycles. The van der Waals surface area contributed by atoms with Gasteiger partial charge >= 0.3 is 0 Å². The number of aryl methyl sites for hydroxylation is 1. The van der Waals surface area contributed by atoms with Crippen LogP contribution in [0, 0.1) is 0 Å². The number of hydrogen-bond acceptors (Lipinski definition) is 6. The fourth-order valence-electron chi connectivity index (χ4n) is 1.14. The van der Waals surface area contributed by atoms with Gasteiger partial charge in [-0.05, 0) is 5.21 Å². The van der Waals surface area contributed by atoms with Crippen molar-refractivity contribution in [2.45, 2.75) is 13.1 Å². The Balaban J connectivity index is 1.67. The molecule has 2 aromatic heterocycles. The van der Waals surface area contributed by atoms with Crippen molar-refractivity contribution in [3.63, 3.8) is 0 Å². The molecular formula is C7H12N8. The van der Waals surface area contributed by atoms with E-state index in [1.54, 1.807) is 17.9 Å². The van der Waals surface area contributed by atoms with E-state index >= 15 is 0 Å². The van der Waals surface area contributed by atoms with Gasteiger partial charge in [-0.15, -0.1) is 15.3 Å². The average molecular weight is 208 g/mol. The summed E-state index contributed by atoms with van der Waals surface area (Å²) in [5, 5.41) is 22.4. The second-order valence-corrected chi connectivity index (χ2v) is 3.04. The Bertz CT molecular complexity index is 391. The van der Waals surface area contributed by atoms with Crippen LogP contribution in [0.1, 0.15) is 5.82 Å². The van der Waals surface area contributed by atoms with E-state index in [0.29, 0.717) is 12.4 Å². The lowest BCUT2D eigenvalue weighted by Crippen LogP contribution is -2.20. The Labute approximate surface area is 86.3 Å². The van der Waals surface area contributed by atoms with Gasteiger partial charge in [0.25, 0.3) is 0 Å². The van der Waals surface area contributed by atoms with E-state index in [2.05, 4.69) is 31.0 Å². The summed E-state index contributed by atoms with van der Waals surface area (Å²) in [7, 11) is 1.74. The Morgan fingerprint density at radius 1 is 1.40 bits per heavy atom. The quantitative estimate of drug-likeness (QED) is 0.608. The molecule has 8 heteroatoms. The fourth-order valence-corrected chi connectivity index (χ4v) is 1.14. The van der Waals surface area contributed by atoms with Crippen molar-refractivity contribution in [3.8, 4) is 0 Å². The van der Waals surface area contributed by atoms with Gasteiger partial charge in [0.15, 0.2) is 5.82 Å². The first-order chi connectivity index (χ1) is 7.34. The monoisotopic (exact) mass is 208 g/mol. The zero-order chi connectivity index (χ0) is 10.5. The van der Waals surface area contributed by atoms with E-state index in [1.807, 2.05) is 6.20 Å². The van der Waals surface area contributed by atoms with Crippen LogP contribution in [-0.4, -0.2) is 41.7 Å². The molecule has 80 valence electrons. The Hall–Kier alpha value is -1.83. The zero-order valence-electron chi connectivity index (χ0n) is 8.41. The standard InChI is InChI=1S/C7H12N8/c1-14-11-7(10-13-14)6-8-2-4-15-5-3-9-12-15/h3,5,8H,2,4,6H2,1H3. The van der Waals surface area contributed by atoms with Crippen molar-refractivity contribution in [1.82, 2.24) is 40.5 Å². The number of aromatic nitrogens is 7. The first-order valence-corrected chi connectivity index (χ1v) is 4.62. The van der Waals surface area contributed by atoms with Crippen LogP contribution in [0.2, 0.25) is 0 Å². The van der Waals surface area contributed by atoms with Crippen LogP contribution in [0.4, 0.5) is 0 Å². The molecule has 0 saturated carbocycles. The minimum Gasteiger partial charge on any atom is -0.308 e. The summed E-state index contributed by atoms with van der Waals surface area (Å²) >= 11 is 0. The van der Waals surface area contributed by atoms with Crippen LogP contribution < -0.4 is 5.32 Å². The highest BCUT2D eigenvalue weighted by atomic mass is 15.6. The lowest BCUT2D eigenvalue weighted by atomic mass is 10.5. The third-order valence-electron chi connectivity index (χ3n) is 1.82. The highest BCUT2D eigenvalue weighted by Crippen LogP contribution is 1.84. The molecule has 15 heavy (non-hydrogen) atoms. The molecule has 2 heterocycles. The van der Waals surface area contributed by atoms with Crippen molar-refractivity contribution < 1.29 is 0 Å². The van der Waals surface area contributed by atoms with Crippen molar-refractivity contribution in [2.24, 2.45) is 7.05 Å². The molecule has 0 fully saturated rings. The molecule has 2 rings (SSSR count). The predicted molar refractivity (Wildman–Crippen MR) is 50.5 cm³/mol. The van der Waals surface area contributed by atoms with Crippen LogP contribution in [0.15, 0.2) is 12.4 Å². The maximum Gasteiger partial charge on any atom is 0.188 e. The number of tetrazole rings is 1. The highest BCUT2D eigenvalue weighted by Gasteiger charge is 1.98. The van der Waals surface area contributed by atoms with E-state index < -0.39 is 0 Å². The SMILES string of the molecule is Cn1nnc(CNCCn2ccnn2)n1. The van der Waals surface area contributed by atoms with Gasteiger partial charge in [0.1, 0.15) is 0 Å². The topological polar surface area (TPSA) is 86.3 Å². The largest absolute Gasteiger partial charge is 0.308 e. The summed E-state index contributed by atoms with van der Waals surface area (Å²) in [6.45, 7) is 2.18. The Morgan fingerprint density at radius 3 is 3.00 bits per heavy atom. The molecule has 0 saturated heterocycles. The van der Waals surface area contributed by atoms with Gasteiger partial charge in [-0.2, -0.15) is 4.80 Å². The molecule has 2 aromatic rings. The molecule has 0 unspecified atom stereocenters. The van der Waals surface area contributed by atoms with Gasteiger partial charge in [0.2, 0.25) is 0 Å². The summed E-state index contributed by atoms with van der Waals surface area (Å²) in [6, 6.07) is 0. The van der Waals surface area contributed by atoms with Gasteiger partial charge in [-0.3, -0.25) is 4.68 Å². The zero-order valence-corrected chi connectivity index (χ0v) is 8.41. The first kappa shape index (κ1) is 9.71. The minimum absolute atomic E-state index is 0.614. The average Bonchev–Trinajstić information content (AvgIpc) is 2.84. The van der Waals surface area contributed by atoms with Crippen molar-refractivity contribution in [2.75, 3.05) is 6.54 Å². The van der Waals surface area contributed by atoms with Gasteiger partial charge < -0.3 is 5.32 Å². The van der Waals surface area contributed by atoms with Crippen LogP contribution in [0.3, 0.4) is 0 Å². The number of nitrogens with one attached hydrogen (secondary N) is 1. The van der Waals surface area contributed by atoms with Gasteiger partial charge in [0.05, 0.1) is 26.3 Å². The fraction of sp³-hybridized carbons (Fsp3) is 0.571. The van der Waals surface area contributed by atoms with Crippen LogP contribution in [-0.2, 0) is 20.1 Å². The molecule has 0 atom stereocenters. The molecule has 0 bridgehead atoms. The van der Waals surface area contributed by atoms with Crippen molar-refractivity contribution in [3.05, 3.63) is 18.2 Å². The molecule has 0 aliphatic carbocycles. The molecule has 0 spiro atoms. The van der Waals surface area contributed by atoms with E-state index in [0.717, 1.165) is 13.1 Å². The predicted octanol–water partition coefficient (Wildman–Crippen LogP) is -1.41. The van der Waals surface area contributed by atoms with Gasteiger partial charge in [-0.1, -0.05) is 5.21 Å². The highest BCUT2D eigenvalue weighted by molar-refractivity contribution is 4.74. The molecule has 8 nitrogen and oxygen atoms in total. The molecular weight excluding hydrogens is 196 g/mol. The second kappa shape index (κ2) is 4.60. The maximum absolute atomic E-state index is 4.04. The van der Waals surface area contributed by atoms with Gasteiger partial charge in [0, 0.05) is 12.7 Å². The van der Waals surface area contributed by atoms with E-state index in [1.165, 1.54) is 4.80 Å². The Morgan fingerprint density at radius 2 is 2.33 bits per heavy atom. The van der Waals surface area contributed by atoms with E-state index in [-0.39, 0.29) is 0 Å². The molecule has 0 aliphatic rings. The van der Waals surface area contributed by atoms with Crippen molar-refractivity contribution in [1.29, 1.82) is 0 Å². The third kappa shape index (κ3) is 2.81. The molecule has 1 N–H and O–H groups in total. The van der Waals surface area contributed by atoms with E-state index in [9.17, 15) is 0 Å². The smallest absolute Gasteiger partial charge is 0.188 e. The van der Waals surface area contributed by atoms with Crippen LogP contribution in [0.25, 0.3) is 0 Å². The first-order valence-electron chi connectivity index (χ1n) is 4.62. The molecule has 0 aliphatic heterocycles. The summed E-state index contributed by atoms with van der Waals surface area (Å²) in [5.41, 5.74) is 0. The van der Waals surface area contributed by atoms with Crippen LogP contribution >= 0.6 is 0 Å². The summed E-state index contributed by atoms with van der Waals surface area (Å²) in [6.07, 6.45) is 3.48. The maximum atomic E-state index is 4.04. The minimum atomic E-state index is 0.614. The van der Waals surface area contributed by atoms with Crippen LogP contribution in [0.5, 0.6) is 0 Å². The molecule has 0 radical (unpaired) electrons. The lowest BCUT2D eigenvalue weighted by molar-refractivity contribution is 0.533. The summed E-state index contributed by atoms with van der Waals surface area (Å²) < 4.78 is 1.76. The normalized spacial score (nSPS) is 10.7. The summed E-state index contributed by atoms with van der Waals surface area (Å²) in [4.78, 5) is 1.44. The number of hydrogen-bond donors (Lipinski definition) is 1.